The number of ether oxygens (including phenoxy) is 1. The van der Waals surface area contributed by atoms with Crippen LogP contribution in [0.3, 0.4) is 0 Å². The molecule has 0 aliphatic heterocycles. The van der Waals surface area contributed by atoms with E-state index in [1.54, 1.807) is 43.5 Å². The highest BCUT2D eigenvalue weighted by atomic mass is 32.2. The molecule has 4 aromatic rings. The standard InChI is InChI=1S/C26H25N3O7S2/c1-34-22-12-10-18(11-13-22)19-14-25(23-8-4-6-20(27-23)16-35-37(2,30)31)29-26(15-19)24-9-5-7-21(28-24)17-36-38(3,32)33/h4-15H,16-17H2,1-3H3. The molecule has 3 aromatic heterocycles. The summed E-state index contributed by atoms with van der Waals surface area (Å²) in [6, 6.07) is 21.6. The highest BCUT2D eigenvalue weighted by molar-refractivity contribution is 7.86. The first-order valence-corrected chi connectivity index (χ1v) is 14.9. The van der Waals surface area contributed by atoms with Gasteiger partial charge in [-0.25, -0.2) is 15.0 Å². The van der Waals surface area contributed by atoms with E-state index in [2.05, 4.69) is 9.97 Å². The third-order valence-corrected chi connectivity index (χ3v) is 6.32. The summed E-state index contributed by atoms with van der Waals surface area (Å²) in [7, 11) is -5.67. The number of nitrogens with zero attached hydrogens (tertiary/aromatic N) is 3. The van der Waals surface area contributed by atoms with Crippen LogP contribution >= 0.6 is 0 Å². The quantitative estimate of drug-likeness (QED) is 0.266. The van der Waals surface area contributed by atoms with Crippen molar-refractivity contribution in [2.45, 2.75) is 13.2 Å². The Morgan fingerprint density at radius 2 is 1.08 bits per heavy atom. The van der Waals surface area contributed by atoms with E-state index in [1.807, 2.05) is 36.4 Å². The van der Waals surface area contributed by atoms with E-state index < -0.39 is 20.2 Å². The van der Waals surface area contributed by atoms with Crippen LogP contribution in [0.5, 0.6) is 5.75 Å². The van der Waals surface area contributed by atoms with Gasteiger partial charge in [0.2, 0.25) is 0 Å². The van der Waals surface area contributed by atoms with Crippen molar-refractivity contribution >= 4 is 20.2 Å². The van der Waals surface area contributed by atoms with Crippen molar-refractivity contribution in [3.63, 3.8) is 0 Å². The molecule has 0 fully saturated rings. The fourth-order valence-electron chi connectivity index (χ4n) is 3.48. The molecule has 0 aliphatic carbocycles. The Hall–Kier alpha value is -3.71. The van der Waals surface area contributed by atoms with Gasteiger partial charge in [0.05, 0.1) is 53.8 Å². The van der Waals surface area contributed by atoms with Crippen molar-refractivity contribution in [1.29, 1.82) is 0 Å². The Balaban J connectivity index is 1.78. The van der Waals surface area contributed by atoms with E-state index in [1.165, 1.54) is 0 Å². The number of pyridine rings is 3. The highest BCUT2D eigenvalue weighted by Crippen LogP contribution is 2.30. The van der Waals surface area contributed by atoms with Gasteiger partial charge in [0.25, 0.3) is 20.2 Å². The molecule has 10 nitrogen and oxygen atoms in total. The topological polar surface area (TPSA) is 135 Å². The van der Waals surface area contributed by atoms with Crippen LogP contribution in [-0.4, -0.2) is 51.4 Å². The van der Waals surface area contributed by atoms with Crippen LogP contribution in [0.2, 0.25) is 0 Å². The van der Waals surface area contributed by atoms with E-state index >= 15 is 0 Å². The lowest BCUT2D eigenvalue weighted by Gasteiger charge is -2.11. The van der Waals surface area contributed by atoms with Gasteiger partial charge in [0.15, 0.2) is 0 Å². The zero-order valence-electron chi connectivity index (χ0n) is 20.9. The van der Waals surface area contributed by atoms with Crippen molar-refractivity contribution in [2.24, 2.45) is 0 Å². The Bertz CT molecular complexity index is 1560. The predicted octanol–water partition coefficient (Wildman–Crippen LogP) is 3.83. The van der Waals surface area contributed by atoms with Crippen LogP contribution in [0.25, 0.3) is 33.9 Å². The molecule has 0 aliphatic rings. The van der Waals surface area contributed by atoms with Gasteiger partial charge >= 0.3 is 0 Å². The molecule has 0 saturated carbocycles. The van der Waals surface area contributed by atoms with Crippen molar-refractivity contribution in [1.82, 2.24) is 15.0 Å². The average molecular weight is 556 g/mol. The number of benzene rings is 1. The molecule has 0 bridgehead atoms. The molecule has 0 radical (unpaired) electrons. The molecule has 1 aromatic carbocycles. The Morgan fingerprint density at radius 1 is 0.605 bits per heavy atom. The molecule has 38 heavy (non-hydrogen) atoms. The van der Waals surface area contributed by atoms with Gasteiger partial charge in [-0.3, -0.25) is 8.37 Å². The molecule has 0 N–H and O–H groups in total. The van der Waals surface area contributed by atoms with E-state index in [-0.39, 0.29) is 13.2 Å². The number of hydrogen-bond donors (Lipinski definition) is 0. The van der Waals surface area contributed by atoms with Crippen molar-refractivity contribution in [2.75, 3.05) is 19.6 Å². The van der Waals surface area contributed by atoms with E-state index in [9.17, 15) is 16.8 Å². The maximum absolute atomic E-state index is 11.4. The SMILES string of the molecule is COc1ccc(-c2cc(-c3cccc(COS(C)(=O)=O)n3)nc(-c3cccc(COS(C)(=O)=O)n3)c2)cc1. The first-order chi connectivity index (χ1) is 18.0. The lowest BCUT2D eigenvalue weighted by Crippen LogP contribution is -2.05. The smallest absolute Gasteiger partial charge is 0.264 e. The zero-order chi connectivity index (χ0) is 27.3. The Morgan fingerprint density at radius 3 is 1.50 bits per heavy atom. The van der Waals surface area contributed by atoms with Crippen LogP contribution in [0.4, 0.5) is 0 Å². The van der Waals surface area contributed by atoms with Gasteiger partial charge in [0, 0.05) is 0 Å². The monoisotopic (exact) mass is 555 g/mol. The number of rotatable bonds is 10. The first-order valence-electron chi connectivity index (χ1n) is 11.3. The number of aromatic nitrogens is 3. The minimum absolute atomic E-state index is 0.207. The fourth-order valence-corrected chi connectivity index (χ4v) is 4.15. The second-order valence-electron chi connectivity index (χ2n) is 8.32. The van der Waals surface area contributed by atoms with Gasteiger partial charge in [-0.2, -0.15) is 16.8 Å². The summed E-state index contributed by atoms with van der Waals surface area (Å²) < 4.78 is 60.7. The molecule has 4 rings (SSSR count). The van der Waals surface area contributed by atoms with Crippen molar-refractivity contribution in [3.8, 4) is 39.7 Å². The van der Waals surface area contributed by atoms with Crippen LogP contribution in [0.1, 0.15) is 11.4 Å². The lowest BCUT2D eigenvalue weighted by molar-refractivity contribution is 0.306. The summed E-state index contributed by atoms with van der Waals surface area (Å²) in [5.41, 5.74) is 4.62. The van der Waals surface area contributed by atoms with Crippen LogP contribution in [0, 0.1) is 0 Å². The molecule has 0 unspecified atom stereocenters. The highest BCUT2D eigenvalue weighted by Gasteiger charge is 2.13. The maximum Gasteiger partial charge on any atom is 0.264 e. The van der Waals surface area contributed by atoms with E-state index in [4.69, 9.17) is 18.1 Å². The molecular weight excluding hydrogens is 530 g/mol. The summed E-state index contributed by atoms with van der Waals surface area (Å²) in [6.07, 6.45) is 1.95. The van der Waals surface area contributed by atoms with Gasteiger partial charge < -0.3 is 4.74 Å². The Kier molecular flexibility index (Phi) is 8.17. The van der Waals surface area contributed by atoms with Crippen molar-refractivity contribution in [3.05, 3.63) is 84.2 Å². The van der Waals surface area contributed by atoms with Gasteiger partial charge in [-0.05, 0) is 59.7 Å². The second-order valence-corrected chi connectivity index (χ2v) is 11.6. The minimum atomic E-state index is -3.63. The number of methoxy groups -OCH3 is 1. The molecule has 0 saturated heterocycles. The third kappa shape index (κ3) is 7.65. The summed E-state index contributed by atoms with van der Waals surface area (Å²) >= 11 is 0. The summed E-state index contributed by atoms with van der Waals surface area (Å²) in [5.74, 6) is 0.712. The van der Waals surface area contributed by atoms with E-state index in [0.29, 0.717) is 39.9 Å². The molecule has 12 heteroatoms. The van der Waals surface area contributed by atoms with Crippen LogP contribution in [0.15, 0.2) is 72.8 Å². The largest absolute Gasteiger partial charge is 0.497 e. The number of hydrogen-bond acceptors (Lipinski definition) is 10. The lowest BCUT2D eigenvalue weighted by atomic mass is 10.0. The predicted molar refractivity (Wildman–Crippen MR) is 142 cm³/mol. The Labute approximate surface area is 221 Å². The van der Waals surface area contributed by atoms with Crippen LogP contribution < -0.4 is 4.74 Å². The molecule has 0 amide bonds. The molecular formula is C26H25N3O7S2. The molecule has 0 atom stereocenters. The third-order valence-electron chi connectivity index (χ3n) is 5.23. The van der Waals surface area contributed by atoms with E-state index in [0.717, 1.165) is 23.6 Å². The van der Waals surface area contributed by atoms with Crippen LogP contribution in [-0.2, 0) is 41.8 Å². The summed E-state index contributed by atoms with van der Waals surface area (Å²) in [5, 5.41) is 0. The zero-order valence-corrected chi connectivity index (χ0v) is 22.5. The van der Waals surface area contributed by atoms with Gasteiger partial charge in [-0.15, -0.1) is 0 Å². The first kappa shape index (κ1) is 27.3. The molecule has 198 valence electrons. The minimum Gasteiger partial charge on any atom is -0.497 e. The summed E-state index contributed by atoms with van der Waals surface area (Å²) in [6.45, 7) is -0.413. The normalized spacial score (nSPS) is 11.9. The van der Waals surface area contributed by atoms with Crippen molar-refractivity contribution < 1.29 is 29.9 Å². The average Bonchev–Trinajstić information content (AvgIpc) is 2.90. The van der Waals surface area contributed by atoms with Gasteiger partial charge in [0.1, 0.15) is 19.0 Å². The summed E-state index contributed by atoms with van der Waals surface area (Å²) in [4.78, 5) is 13.8. The van der Waals surface area contributed by atoms with Gasteiger partial charge in [-0.1, -0.05) is 24.3 Å². The maximum atomic E-state index is 11.4. The second kappa shape index (κ2) is 11.4. The fraction of sp³-hybridized carbons (Fsp3) is 0.192. The molecule has 0 spiro atoms. The molecule has 3 heterocycles.